The summed E-state index contributed by atoms with van der Waals surface area (Å²) in [7, 11) is 0. The predicted octanol–water partition coefficient (Wildman–Crippen LogP) is 4.06. The zero-order valence-corrected chi connectivity index (χ0v) is 13.4. The Bertz CT molecular complexity index is 621. The van der Waals surface area contributed by atoms with E-state index >= 15 is 0 Å². The molecule has 3 nitrogen and oxygen atoms in total. The fraction of sp³-hybridized carbons (Fsp3) is 0.375. The molecule has 20 heavy (non-hydrogen) atoms. The van der Waals surface area contributed by atoms with Gasteiger partial charge in [0.25, 0.3) is 0 Å². The van der Waals surface area contributed by atoms with E-state index in [9.17, 15) is 0 Å². The Labute approximate surface area is 128 Å². The van der Waals surface area contributed by atoms with Crippen molar-refractivity contribution in [2.45, 2.75) is 32.1 Å². The molecule has 4 heteroatoms. The molecular weight excluding hydrogens is 314 g/mol. The summed E-state index contributed by atoms with van der Waals surface area (Å²) in [6, 6.07) is 10.6. The number of anilines is 1. The molecule has 1 aromatic heterocycles. The molecule has 1 fully saturated rings. The van der Waals surface area contributed by atoms with Gasteiger partial charge in [-0.15, -0.1) is 0 Å². The first-order valence-corrected chi connectivity index (χ1v) is 7.80. The summed E-state index contributed by atoms with van der Waals surface area (Å²) >= 11 is 3.57. The molecule has 1 heterocycles. The maximum atomic E-state index is 4.76. The highest BCUT2D eigenvalue weighted by atomic mass is 79.9. The van der Waals surface area contributed by atoms with Crippen LogP contribution in [0.3, 0.4) is 0 Å². The quantitative estimate of drug-likeness (QED) is 0.917. The molecule has 0 amide bonds. The van der Waals surface area contributed by atoms with Gasteiger partial charge in [-0.3, -0.25) is 0 Å². The van der Waals surface area contributed by atoms with Crippen LogP contribution in [0.2, 0.25) is 0 Å². The highest BCUT2D eigenvalue weighted by Gasteiger charge is 2.48. The Morgan fingerprint density at radius 2 is 1.90 bits per heavy atom. The number of hydrogen-bond acceptors (Lipinski definition) is 3. The van der Waals surface area contributed by atoms with Gasteiger partial charge in [-0.2, -0.15) is 0 Å². The van der Waals surface area contributed by atoms with E-state index in [1.165, 1.54) is 5.56 Å². The van der Waals surface area contributed by atoms with Gasteiger partial charge in [-0.1, -0.05) is 30.3 Å². The van der Waals surface area contributed by atoms with E-state index in [4.69, 9.17) is 9.97 Å². The zero-order chi connectivity index (χ0) is 14.2. The lowest BCUT2D eigenvalue weighted by Crippen LogP contribution is -2.16. The summed E-state index contributed by atoms with van der Waals surface area (Å²) in [6.07, 6.45) is 2.26. The van der Waals surface area contributed by atoms with Crippen molar-refractivity contribution in [2.75, 3.05) is 11.9 Å². The molecule has 3 rings (SSSR count). The average Bonchev–Trinajstić information content (AvgIpc) is 3.26. The smallest absolute Gasteiger partial charge is 0.144 e. The molecule has 1 aliphatic carbocycles. The Morgan fingerprint density at radius 1 is 1.20 bits per heavy atom. The second-order valence-electron chi connectivity index (χ2n) is 5.27. The van der Waals surface area contributed by atoms with E-state index < -0.39 is 0 Å². The molecule has 0 saturated heterocycles. The lowest BCUT2D eigenvalue weighted by Gasteiger charge is -2.17. The van der Waals surface area contributed by atoms with Crippen LogP contribution in [0.25, 0.3) is 0 Å². The second kappa shape index (κ2) is 5.17. The van der Waals surface area contributed by atoms with Crippen LogP contribution in [0, 0.1) is 6.92 Å². The second-order valence-corrected chi connectivity index (χ2v) is 6.07. The van der Waals surface area contributed by atoms with Gasteiger partial charge in [0, 0.05) is 6.54 Å². The summed E-state index contributed by atoms with van der Waals surface area (Å²) in [5.74, 6) is 1.84. The molecule has 1 N–H and O–H groups in total. The van der Waals surface area contributed by atoms with Crippen LogP contribution in [0.15, 0.2) is 34.8 Å². The third kappa shape index (κ3) is 2.22. The van der Waals surface area contributed by atoms with Crippen LogP contribution in [-0.4, -0.2) is 16.5 Å². The molecule has 0 unspecified atom stereocenters. The molecule has 0 atom stereocenters. The fourth-order valence-electron chi connectivity index (χ4n) is 2.58. The molecular formula is C16H18BrN3. The van der Waals surface area contributed by atoms with Crippen molar-refractivity contribution in [3.05, 3.63) is 51.9 Å². The molecule has 0 bridgehead atoms. The average molecular weight is 332 g/mol. The van der Waals surface area contributed by atoms with E-state index in [-0.39, 0.29) is 5.41 Å². The van der Waals surface area contributed by atoms with Gasteiger partial charge in [-0.25, -0.2) is 9.97 Å². The molecule has 0 spiro atoms. The van der Waals surface area contributed by atoms with Gasteiger partial charge >= 0.3 is 0 Å². The van der Waals surface area contributed by atoms with Crippen molar-refractivity contribution < 1.29 is 0 Å². The topological polar surface area (TPSA) is 37.8 Å². The van der Waals surface area contributed by atoms with Crippen molar-refractivity contribution in [3.8, 4) is 0 Å². The van der Waals surface area contributed by atoms with Gasteiger partial charge in [0.15, 0.2) is 0 Å². The highest BCUT2D eigenvalue weighted by molar-refractivity contribution is 9.10. The molecule has 104 valence electrons. The number of benzene rings is 1. The molecule has 1 saturated carbocycles. The minimum absolute atomic E-state index is 0.0247. The Hall–Kier alpha value is -1.42. The molecule has 2 aromatic rings. The first-order valence-electron chi connectivity index (χ1n) is 7.01. The van der Waals surface area contributed by atoms with Crippen molar-refractivity contribution in [3.63, 3.8) is 0 Å². The Kier molecular flexibility index (Phi) is 3.50. The number of nitrogens with one attached hydrogen (secondary N) is 1. The summed E-state index contributed by atoms with van der Waals surface area (Å²) in [5.41, 5.74) is 2.34. The standard InChI is InChI=1S/C16H18BrN3/c1-3-18-14-13(17)11(2)19-15(20-14)16(9-10-16)12-7-5-4-6-8-12/h4-8H,3,9-10H2,1-2H3,(H,18,19,20). The van der Waals surface area contributed by atoms with Gasteiger partial charge in [0.2, 0.25) is 0 Å². The van der Waals surface area contributed by atoms with Gasteiger partial charge in [0.1, 0.15) is 11.6 Å². The Balaban J connectivity index is 2.07. The van der Waals surface area contributed by atoms with E-state index in [0.29, 0.717) is 0 Å². The van der Waals surface area contributed by atoms with E-state index in [1.54, 1.807) is 0 Å². The third-order valence-corrected chi connectivity index (χ3v) is 4.81. The first kappa shape index (κ1) is 13.6. The number of nitrogens with zero attached hydrogens (tertiary/aromatic N) is 2. The van der Waals surface area contributed by atoms with Crippen molar-refractivity contribution in [1.82, 2.24) is 9.97 Å². The number of aryl methyl sites for hydroxylation is 1. The van der Waals surface area contributed by atoms with E-state index in [0.717, 1.165) is 41.2 Å². The van der Waals surface area contributed by atoms with Gasteiger partial charge in [-0.05, 0) is 48.2 Å². The van der Waals surface area contributed by atoms with Crippen LogP contribution in [-0.2, 0) is 5.41 Å². The molecule has 1 aliphatic rings. The lowest BCUT2D eigenvalue weighted by molar-refractivity contribution is 0.746. The molecule has 1 aromatic carbocycles. The van der Waals surface area contributed by atoms with Crippen LogP contribution in [0.5, 0.6) is 0 Å². The van der Waals surface area contributed by atoms with Crippen molar-refractivity contribution in [1.29, 1.82) is 0 Å². The lowest BCUT2D eigenvalue weighted by atomic mass is 9.95. The fourth-order valence-corrected chi connectivity index (χ4v) is 2.90. The Morgan fingerprint density at radius 3 is 2.50 bits per heavy atom. The summed E-state index contributed by atoms with van der Waals surface area (Å²) < 4.78 is 0.965. The minimum atomic E-state index is 0.0247. The van der Waals surface area contributed by atoms with E-state index in [1.807, 2.05) is 6.92 Å². The summed E-state index contributed by atoms with van der Waals surface area (Å²) in [6.45, 7) is 4.96. The monoisotopic (exact) mass is 331 g/mol. The summed E-state index contributed by atoms with van der Waals surface area (Å²) in [4.78, 5) is 9.49. The summed E-state index contributed by atoms with van der Waals surface area (Å²) in [5, 5.41) is 3.31. The van der Waals surface area contributed by atoms with Gasteiger partial charge in [0.05, 0.1) is 15.6 Å². The van der Waals surface area contributed by atoms with Crippen LogP contribution < -0.4 is 5.32 Å². The van der Waals surface area contributed by atoms with Crippen LogP contribution in [0.4, 0.5) is 5.82 Å². The largest absolute Gasteiger partial charge is 0.369 e. The van der Waals surface area contributed by atoms with Crippen molar-refractivity contribution in [2.24, 2.45) is 0 Å². The minimum Gasteiger partial charge on any atom is -0.369 e. The number of hydrogen-bond donors (Lipinski definition) is 1. The van der Waals surface area contributed by atoms with Crippen LogP contribution in [0.1, 0.15) is 36.8 Å². The van der Waals surface area contributed by atoms with Gasteiger partial charge < -0.3 is 5.32 Å². The maximum Gasteiger partial charge on any atom is 0.144 e. The third-order valence-electron chi connectivity index (χ3n) is 3.87. The maximum absolute atomic E-state index is 4.76. The highest BCUT2D eigenvalue weighted by Crippen LogP contribution is 2.52. The number of aromatic nitrogens is 2. The normalized spacial score (nSPS) is 15.9. The van der Waals surface area contributed by atoms with Crippen molar-refractivity contribution >= 4 is 21.7 Å². The molecule has 0 aliphatic heterocycles. The SMILES string of the molecule is CCNc1nc(C2(c3ccccc3)CC2)nc(C)c1Br. The number of rotatable bonds is 4. The molecule has 0 radical (unpaired) electrons. The number of halogens is 1. The first-order chi connectivity index (χ1) is 9.67. The van der Waals surface area contributed by atoms with Crippen LogP contribution >= 0.6 is 15.9 Å². The van der Waals surface area contributed by atoms with E-state index in [2.05, 4.69) is 58.5 Å². The predicted molar refractivity (Wildman–Crippen MR) is 85.1 cm³/mol. The zero-order valence-electron chi connectivity index (χ0n) is 11.8.